The first-order valence-corrected chi connectivity index (χ1v) is 5.39. The summed E-state index contributed by atoms with van der Waals surface area (Å²) in [7, 11) is 0. The van der Waals surface area contributed by atoms with Crippen LogP contribution >= 0.6 is 0 Å². The van der Waals surface area contributed by atoms with E-state index in [1.165, 1.54) is 0 Å². The lowest BCUT2D eigenvalue weighted by atomic mass is 10.0. The number of alkyl halides is 2. The molecule has 0 fully saturated rings. The van der Waals surface area contributed by atoms with Gasteiger partial charge in [-0.2, -0.15) is 8.78 Å². The maximum Gasteiger partial charge on any atom is 0.387 e. The standard InChI is InChI=1S/C13H5F7O/c14-8-7(9(15)11(17)12(18)10(8)16)5-2-1-3-6(4-5)21-13(19)20/h1-4,13H. The topological polar surface area (TPSA) is 9.23 Å². The van der Waals surface area contributed by atoms with Gasteiger partial charge in [0.25, 0.3) is 0 Å². The first-order valence-electron chi connectivity index (χ1n) is 5.39. The van der Waals surface area contributed by atoms with Crippen LogP contribution in [0, 0.1) is 29.1 Å². The minimum atomic E-state index is -3.20. The van der Waals surface area contributed by atoms with Gasteiger partial charge in [0.15, 0.2) is 23.3 Å². The molecule has 0 bridgehead atoms. The van der Waals surface area contributed by atoms with Gasteiger partial charge in [-0.15, -0.1) is 0 Å². The maximum atomic E-state index is 13.6. The van der Waals surface area contributed by atoms with Crippen LogP contribution in [0.2, 0.25) is 0 Å². The van der Waals surface area contributed by atoms with Crippen LogP contribution in [0.3, 0.4) is 0 Å². The Balaban J connectivity index is 2.62. The third kappa shape index (κ3) is 2.79. The fraction of sp³-hybridized carbons (Fsp3) is 0.0769. The van der Waals surface area contributed by atoms with Crippen LogP contribution in [0.5, 0.6) is 5.75 Å². The summed E-state index contributed by atoms with van der Waals surface area (Å²) < 4.78 is 94.3. The minimum absolute atomic E-state index is 0.480. The molecule has 0 saturated heterocycles. The summed E-state index contributed by atoms with van der Waals surface area (Å²) in [5.74, 6) is -11.1. The number of hydrogen-bond donors (Lipinski definition) is 0. The molecule has 0 amide bonds. The molecule has 0 spiro atoms. The second kappa shape index (κ2) is 5.63. The van der Waals surface area contributed by atoms with Crippen LogP contribution < -0.4 is 4.74 Å². The van der Waals surface area contributed by atoms with Gasteiger partial charge in [-0.25, -0.2) is 22.0 Å². The number of ether oxygens (including phenoxy) is 1. The second-order valence-electron chi connectivity index (χ2n) is 3.85. The van der Waals surface area contributed by atoms with E-state index in [1.807, 2.05) is 0 Å². The van der Waals surface area contributed by atoms with Crippen molar-refractivity contribution in [3.8, 4) is 16.9 Å². The van der Waals surface area contributed by atoms with E-state index in [9.17, 15) is 30.7 Å². The van der Waals surface area contributed by atoms with Crippen LogP contribution in [0.1, 0.15) is 0 Å². The summed E-state index contributed by atoms with van der Waals surface area (Å²) in [6.07, 6.45) is 0. The van der Waals surface area contributed by atoms with Crippen molar-refractivity contribution < 1.29 is 35.5 Å². The van der Waals surface area contributed by atoms with E-state index in [4.69, 9.17) is 0 Å². The quantitative estimate of drug-likeness (QED) is 0.455. The molecule has 2 aromatic carbocycles. The molecule has 0 unspecified atom stereocenters. The van der Waals surface area contributed by atoms with E-state index < -0.39 is 52.6 Å². The normalized spacial score (nSPS) is 11.0. The Morgan fingerprint density at radius 1 is 0.762 bits per heavy atom. The molecule has 8 heteroatoms. The lowest BCUT2D eigenvalue weighted by Gasteiger charge is -2.10. The highest BCUT2D eigenvalue weighted by Gasteiger charge is 2.26. The zero-order chi connectivity index (χ0) is 15.7. The number of hydrogen-bond acceptors (Lipinski definition) is 1. The van der Waals surface area contributed by atoms with Crippen molar-refractivity contribution in [2.45, 2.75) is 6.61 Å². The van der Waals surface area contributed by atoms with E-state index in [0.29, 0.717) is 0 Å². The molecule has 1 nitrogen and oxygen atoms in total. The molecule has 0 atom stereocenters. The van der Waals surface area contributed by atoms with Crippen molar-refractivity contribution in [3.63, 3.8) is 0 Å². The Morgan fingerprint density at radius 2 is 1.29 bits per heavy atom. The van der Waals surface area contributed by atoms with Crippen LogP contribution in [0.4, 0.5) is 30.7 Å². The minimum Gasteiger partial charge on any atom is -0.435 e. The summed E-state index contributed by atoms with van der Waals surface area (Å²) in [6, 6.07) is 3.86. The molecule has 0 radical (unpaired) electrons. The largest absolute Gasteiger partial charge is 0.435 e. The monoisotopic (exact) mass is 310 g/mol. The van der Waals surface area contributed by atoms with Crippen LogP contribution in [-0.4, -0.2) is 6.61 Å². The molecule has 0 aliphatic heterocycles. The molecule has 0 aliphatic carbocycles. The SMILES string of the molecule is Fc1c(F)c(F)c(-c2cccc(OC(F)F)c2)c(F)c1F. The van der Waals surface area contributed by atoms with Gasteiger partial charge < -0.3 is 4.74 Å². The Hall–Kier alpha value is -2.25. The fourth-order valence-corrected chi connectivity index (χ4v) is 1.69. The van der Waals surface area contributed by atoms with Crippen LogP contribution in [0.25, 0.3) is 11.1 Å². The molecule has 0 heterocycles. The molecule has 0 aliphatic rings. The lowest BCUT2D eigenvalue weighted by Crippen LogP contribution is -2.05. The molecule has 0 saturated carbocycles. The summed E-state index contributed by atoms with van der Waals surface area (Å²) in [5, 5.41) is 0. The van der Waals surface area contributed by atoms with Gasteiger partial charge in [-0.05, 0) is 17.7 Å². The van der Waals surface area contributed by atoms with Gasteiger partial charge in [0, 0.05) is 0 Å². The zero-order valence-electron chi connectivity index (χ0n) is 9.94. The van der Waals surface area contributed by atoms with Crippen molar-refractivity contribution in [1.82, 2.24) is 0 Å². The van der Waals surface area contributed by atoms with Gasteiger partial charge in [-0.1, -0.05) is 12.1 Å². The molecule has 21 heavy (non-hydrogen) atoms. The van der Waals surface area contributed by atoms with Gasteiger partial charge in [0.1, 0.15) is 5.75 Å². The summed E-state index contributed by atoms with van der Waals surface area (Å²) in [4.78, 5) is 0. The molecular formula is C13H5F7O. The van der Waals surface area contributed by atoms with E-state index in [1.54, 1.807) is 0 Å². The van der Waals surface area contributed by atoms with Gasteiger partial charge >= 0.3 is 6.61 Å². The summed E-state index contributed by atoms with van der Waals surface area (Å²) in [6.45, 7) is -3.20. The van der Waals surface area contributed by atoms with Gasteiger partial charge in [0.05, 0.1) is 5.56 Å². The smallest absolute Gasteiger partial charge is 0.387 e. The van der Waals surface area contributed by atoms with Crippen LogP contribution in [0.15, 0.2) is 24.3 Å². The number of benzene rings is 2. The summed E-state index contributed by atoms with van der Waals surface area (Å²) >= 11 is 0. The molecule has 0 N–H and O–H groups in total. The van der Waals surface area contributed by atoms with Crippen molar-refractivity contribution in [1.29, 1.82) is 0 Å². The Labute approximate surface area is 113 Å². The van der Waals surface area contributed by atoms with E-state index in [0.717, 1.165) is 24.3 Å². The number of rotatable bonds is 3. The van der Waals surface area contributed by atoms with Crippen molar-refractivity contribution in [2.75, 3.05) is 0 Å². The van der Waals surface area contributed by atoms with Crippen molar-refractivity contribution in [2.24, 2.45) is 0 Å². The molecule has 112 valence electrons. The van der Waals surface area contributed by atoms with E-state index >= 15 is 0 Å². The van der Waals surface area contributed by atoms with Crippen molar-refractivity contribution in [3.05, 3.63) is 53.4 Å². The van der Waals surface area contributed by atoms with E-state index in [-0.39, 0.29) is 0 Å². The molecule has 0 aromatic heterocycles. The highest BCUT2D eigenvalue weighted by molar-refractivity contribution is 5.66. The fourth-order valence-electron chi connectivity index (χ4n) is 1.69. The molecule has 2 rings (SSSR count). The average Bonchev–Trinajstić information content (AvgIpc) is 2.43. The highest BCUT2D eigenvalue weighted by atomic mass is 19.3. The molecular weight excluding hydrogens is 305 g/mol. The third-order valence-corrected chi connectivity index (χ3v) is 2.56. The van der Waals surface area contributed by atoms with Gasteiger partial charge in [0.2, 0.25) is 5.82 Å². The Bertz CT molecular complexity index is 655. The Kier molecular flexibility index (Phi) is 4.06. The predicted octanol–water partition coefficient (Wildman–Crippen LogP) is 4.65. The summed E-state index contributed by atoms with van der Waals surface area (Å²) in [5.41, 5.74) is -1.70. The number of halogens is 7. The zero-order valence-corrected chi connectivity index (χ0v) is 9.94. The Morgan fingerprint density at radius 3 is 1.81 bits per heavy atom. The van der Waals surface area contributed by atoms with Crippen LogP contribution in [-0.2, 0) is 0 Å². The highest BCUT2D eigenvalue weighted by Crippen LogP contribution is 2.33. The van der Waals surface area contributed by atoms with E-state index in [2.05, 4.69) is 4.74 Å². The van der Waals surface area contributed by atoms with Crippen molar-refractivity contribution >= 4 is 0 Å². The lowest BCUT2D eigenvalue weighted by molar-refractivity contribution is -0.0498. The maximum absolute atomic E-state index is 13.6. The second-order valence-corrected chi connectivity index (χ2v) is 3.85. The predicted molar refractivity (Wildman–Crippen MR) is 58.3 cm³/mol. The molecule has 2 aromatic rings. The first kappa shape index (κ1) is 15.1. The van der Waals surface area contributed by atoms with Gasteiger partial charge in [-0.3, -0.25) is 0 Å². The average molecular weight is 310 g/mol. The first-order chi connectivity index (χ1) is 9.82. The third-order valence-electron chi connectivity index (χ3n) is 2.56.